The summed E-state index contributed by atoms with van der Waals surface area (Å²) in [5.41, 5.74) is -1.62. The maximum atomic E-state index is 12.5. The van der Waals surface area contributed by atoms with Crippen LogP contribution in [-0.2, 0) is 5.60 Å². The molecule has 178 valence electrons. The quantitative estimate of drug-likeness (QED) is 0.394. The lowest BCUT2D eigenvalue weighted by Gasteiger charge is -2.50. The number of benzene rings is 1. The Balaban J connectivity index is 2.03. The van der Waals surface area contributed by atoms with Gasteiger partial charge in [0, 0.05) is 11.3 Å². The zero-order valence-electron chi connectivity index (χ0n) is 20.9. The van der Waals surface area contributed by atoms with Crippen LogP contribution in [-0.4, -0.2) is 5.11 Å². The highest BCUT2D eigenvalue weighted by Gasteiger charge is 2.51. The van der Waals surface area contributed by atoms with E-state index in [1.165, 1.54) is 0 Å². The maximum Gasteiger partial charge on any atom is 0.253 e. The number of nitrogens with one attached hydrogen (secondary N) is 2. The molecule has 1 atom stereocenters. The first-order valence-electron chi connectivity index (χ1n) is 11.5. The number of rotatable bonds is 7. The Morgan fingerprint density at radius 1 is 0.909 bits per heavy atom. The lowest BCUT2D eigenvalue weighted by Crippen LogP contribution is -2.50. The first kappa shape index (κ1) is 24.8. The van der Waals surface area contributed by atoms with E-state index in [0.29, 0.717) is 23.4 Å². The van der Waals surface area contributed by atoms with Crippen molar-refractivity contribution in [3.63, 3.8) is 0 Å². The van der Waals surface area contributed by atoms with Crippen molar-refractivity contribution >= 4 is 17.1 Å². The van der Waals surface area contributed by atoms with Gasteiger partial charge in [-0.15, -0.1) is 0 Å². The van der Waals surface area contributed by atoms with E-state index in [4.69, 9.17) is 4.42 Å². The third kappa shape index (κ3) is 4.24. The number of para-hydroxylation sites is 1. The third-order valence-corrected chi connectivity index (χ3v) is 6.49. The summed E-state index contributed by atoms with van der Waals surface area (Å²) >= 11 is 0. The molecule has 0 fully saturated rings. The van der Waals surface area contributed by atoms with Gasteiger partial charge in [-0.25, -0.2) is 0 Å². The Bertz CT molecular complexity index is 1190. The SMILES string of the molecule is CC[C@@H](Nc1c(Nc2ccccc2C(O)(C(C)(C)C)C(C)(C)C)c(=O)c1=O)c1ccc(C)o1. The lowest BCUT2D eigenvalue weighted by atomic mass is 9.59. The van der Waals surface area contributed by atoms with Crippen molar-refractivity contribution in [1.29, 1.82) is 0 Å². The molecule has 6 heteroatoms. The first-order valence-corrected chi connectivity index (χ1v) is 11.5. The first-order chi connectivity index (χ1) is 15.2. The molecule has 1 heterocycles. The standard InChI is InChI=1S/C27H36N2O4/c1-9-18(20-15-14-16(2)33-20)28-21-22(24(31)23(21)30)29-19-13-11-10-12-17(19)27(32,25(3,4)5)26(6,7)8/h10-15,18,28-29,32H,9H2,1-8H3/t18-/m1/s1. The largest absolute Gasteiger partial charge is 0.464 e. The van der Waals surface area contributed by atoms with Crippen molar-refractivity contribution in [3.8, 4) is 0 Å². The van der Waals surface area contributed by atoms with Crippen LogP contribution in [0.1, 0.15) is 78.0 Å². The van der Waals surface area contributed by atoms with Crippen molar-refractivity contribution < 1.29 is 9.52 Å². The number of anilines is 3. The predicted octanol–water partition coefficient (Wildman–Crippen LogP) is 5.77. The Morgan fingerprint density at radius 3 is 2.00 bits per heavy atom. The van der Waals surface area contributed by atoms with E-state index < -0.39 is 27.3 Å². The fourth-order valence-electron chi connectivity index (χ4n) is 4.81. The van der Waals surface area contributed by atoms with E-state index >= 15 is 0 Å². The highest BCUT2D eigenvalue weighted by molar-refractivity contribution is 5.80. The van der Waals surface area contributed by atoms with Gasteiger partial charge in [-0.05, 0) is 42.4 Å². The molecular weight excluding hydrogens is 416 g/mol. The van der Waals surface area contributed by atoms with Crippen LogP contribution in [0.5, 0.6) is 0 Å². The van der Waals surface area contributed by atoms with Gasteiger partial charge in [0.25, 0.3) is 10.9 Å². The van der Waals surface area contributed by atoms with E-state index in [9.17, 15) is 14.7 Å². The number of hydrogen-bond acceptors (Lipinski definition) is 6. The zero-order valence-corrected chi connectivity index (χ0v) is 20.9. The molecule has 3 aromatic rings. The molecule has 6 nitrogen and oxygen atoms in total. The second kappa shape index (κ2) is 8.49. The fraction of sp³-hybridized carbons (Fsp3) is 0.481. The van der Waals surface area contributed by atoms with Gasteiger partial charge in [0.05, 0.1) is 6.04 Å². The Morgan fingerprint density at radius 2 is 1.48 bits per heavy atom. The molecule has 0 bridgehead atoms. The van der Waals surface area contributed by atoms with Crippen LogP contribution in [0.25, 0.3) is 0 Å². The molecule has 3 rings (SSSR count). The van der Waals surface area contributed by atoms with Crippen LogP contribution in [0.4, 0.5) is 17.1 Å². The average molecular weight is 453 g/mol. The lowest BCUT2D eigenvalue weighted by molar-refractivity contribution is -0.144. The van der Waals surface area contributed by atoms with E-state index in [1.54, 1.807) is 0 Å². The van der Waals surface area contributed by atoms with Crippen molar-refractivity contribution in [1.82, 2.24) is 0 Å². The van der Waals surface area contributed by atoms with Crippen molar-refractivity contribution in [3.05, 3.63) is 73.9 Å². The molecule has 0 saturated heterocycles. The summed E-state index contributed by atoms with van der Waals surface area (Å²) in [6.45, 7) is 15.8. The monoisotopic (exact) mass is 452 g/mol. The smallest absolute Gasteiger partial charge is 0.253 e. The fourth-order valence-corrected chi connectivity index (χ4v) is 4.81. The minimum atomic E-state index is -1.22. The third-order valence-electron chi connectivity index (χ3n) is 6.49. The molecule has 33 heavy (non-hydrogen) atoms. The van der Waals surface area contributed by atoms with Gasteiger partial charge in [0.15, 0.2) is 0 Å². The maximum absolute atomic E-state index is 12.5. The topological polar surface area (TPSA) is 91.6 Å². The molecule has 0 aliphatic rings. The molecule has 3 N–H and O–H groups in total. The van der Waals surface area contributed by atoms with Crippen LogP contribution in [0.15, 0.2) is 50.4 Å². The molecule has 0 radical (unpaired) electrons. The minimum Gasteiger partial charge on any atom is -0.464 e. The van der Waals surface area contributed by atoms with E-state index in [1.807, 2.05) is 91.8 Å². The van der Waals surface area contributed by atoms with Gasteiger partial charge >= 0.3 is 0 Å². The summed E-state index contributed by atoms with van der Waals surface area (Å²) in [4.78, 5) is 25.0. The number of hydrogen-bond donors (Lipinski definition) is 3. The van der Waals surface area contributed by atoms with Gasteiger partial charge in [0.1, 0.15) is 28.5 Å². The van der Waals surface area contributed by atoms with E-state index in [2.05, 4.69) is 10.6 Å². The van der Waals surface area contributed by atoms with Gasteiger partial charge in [0.2, 0.25) is 0 Å². The molecule has 0 amide bonds. The number of aryl methyl sites for hydroxylation is 1. The minimum absolute atomic E-state index is 0.208. The number of furan rings is 1. The summed E-state index contributed by atoms with van der Waals surface area (Å²) in [6, 6.07) is 10.9. The molecular formula is C27H36N2O4. The van der Waals surface area contributed by atoms with Gasteiger partial charge in [-0.3, -0.25) is 9.59 Å². The second-order valence-electron chi connectivity index (χ2n) is 10.8. The van der Waals surface area contributed by atoms with Crippen LogP contribution in [0, 0.1) is 17.8 Å². The highest BCUT2D eigenvalue weighted by atomic mass is 16.3. The van der Waals surface area contributed by atoms with Crippen LogP contribution in [0.3, 0.4) is 0 Å². The van der Waals surface area contributed by atoms with Crippen molar-refractivity contribution in [2.24, 2.45) is 10.8 Å². The molecule has 0 spiro atoms. The summed E-state index contributed by atoms with van der Waals surface area (Å²) in [7, 11) is 0. The molecule has 0 aliphatic heterocycles. The Hall–Kier alpha value is -2.86. The zero-order chi connectivity index (χ0) is 24.8. The van der Waals surface area contributed by atoms with Crippen LogP contribution in [0.2, 0.25) is 0 Å². The average Bonchev–Trinajstić information content (AvgIpc) is 3.17. The number of aliphatic hydroxyl groups is 1. The van der Waals surface area contributed by atoms with Gasteiger partial charge < -0.3 is 20.2 Å². The van der Waals surface area contributed by atoms with Crippen molar-refractivity contribution in [2.75, 3.05) is 10.6 Å². The molecule has 0 unspecified atom stereocenters. The van der Waals surface area contributed by atoms with E-state index in [-0.39, 0.29) is 17.4 Å². The molecule has 1 aromatic heterocycles. The molecule has 0 aliphatic carbocycles. The Kier molecular flexibility index (Phi) is 6.37. The normalized spacial score (nSPS) is 13.8. The predicted molar refractivity (Wildman–Crippen MR) is 134 cm³/mol. The van der Waals surface area contributed by atoms with E-state index in [0.717, 1.165) is 5.76 Å². The summed E-state index contributed by atoms with van der Waals surface area (Å²) in [5.74, 6) is 1.50. The van der Waals surface area contributed by atoms with Crippen LogP contribution >= 0.6 is 0 Å². The van der Waals surface area contributed by atoms with Gasteiger partial charge in [-0.2, -0.15) is 0 Å². The summed E-state index contributed by atoms with van der Waals surface area (Å²) < 4.78 is 5.73. The second-order valence-corrected chi connectivity index (χ2v) is 10.8. The van der Waals surface area contributed by atoms with Gasteiger partial charge in [-0.1, -0.05) is 66.7 Å². The van der Waals surface area contributed by atoms with Crippen molar-refractivity contribution in [2.45, 2.75) is 73.5 Å². The summed E-state index contributed by atoms with van der Waals surface area (Å²) in [6.07, 6.45) is 0.676. The summed E-state index contributed by atoms with van der Waals surface area (Å²) in [5, 5.41) is 18.4. The molecule has 2 aromatic carbocycles. The molecule has 0 saturated carbocycles. The van der Waals surface area contributed by atoms with Crippen LogP contribution < -0.4 is 21.5 Å². The highest BCUT2D eigenvalue weighted by Crippen LogP contribution is 2.53. The Labute approximate surface area is 195 Å².